The summed E-state index contributed by atoms with van der Waals surface area (Å²) in [5.74, 6) is -1.68. The van der Waals surface area contributed by atoms with E-state index in [1.54, 1.807) is 7.05 Å². The zero-order valence-electron chi connectivity index (χ0n) is 11.8. The van der Waals surface area contributed by atoms with Gasteiger partial charge in [-0.25, -0.2) is 8.78 Å². The van der Waals surface area contributed by atoms with E-state index < -0.39 is 11.6 Å². The largest absolute Gasteiger partial charge is 0.397 e. The van der Waals surface area contributed by atoms with Crippen molar-refractivity contribution in [1.82, 2.24) is 0 Å². The van der Waals surface area contributed by atoms with Gasteiger partial charge in [0.2, 0.25) is 0 Å². The van der Waals surface area contributed by atoms with Crippen LogP contribution < -0.4 is 10.6 Å². The third-order valence-electron chi connectivity index (χ3n) is 4.31. The Morgan fingerprint density at radius 2 is 1.79 bits per heavy atom. The van der Waals surface area contributed by atoms with Crippen LogP contribution in [0.4, 0.5) is 20.2 Å². The van der Waals surface area contributed by atoms with Gasteiger partial charge in [-0.3, -0.25) is 0 Å². The van der Waals surface area contributed by atoms with Crippen LogP contribution in [0.1, 0.15) is 39.5 Å². The Morgan fingerprint density at radius 1 is 1.21 bits per heavy atom. The van der Waals surface area contributed by atoms with E-state index in [1.807, 2.05) is 4.90 Å². The highest BCUT2D eigenvalue weighted by Crippen LogP contribution is 2.39. The lowest BCUT2D eigenvalue weighted by Gasteiger charge is -2.40. The Morgan fingerprint density at radius 3 is 2.37 bits per heavy atom. The minimum atomic E-state index is -0.841. The number of halogens is 2. The molecular weight excluding hydrogens is 246 g/mol. The van der Waals surface area contributed by atoms with Crippen molar-refractivity contribution in [2.24, 2.45) is 5.41 Å². The van der Waals surface area contributed by atoms with Gasteiger partial charge in [0.25, 0.3) is 0 Å². The van der Waals surface area contributed by atoms with Gasteiger partial charge in [-0.1, -0.05) is 13.8 Å². The van der Waals surface area contributed by atoms with Crippen molar-refractivity contribution in [3.05, 3.63) is 23.8 Å². The fourth-order valence-electron chi connectivity index (χ4n) is 2.87. The first-order valence-electron chi connectivity index (χ1n) is 6.78. The van der Waals surface area contributed by atoms with Crippen molar-refractivity contribution in [3.8, 4) is 0 Å². The molecule has 0 heterocycles. The molecule has 2 N–H and O–H groups in total. The lowest BCUT2D eigenvalue weighted by molar-refractivity contribution is 0.222. The monoisotopic (exact) mass is 268 g/mol. The molecule has 0 spiro atoms. The number of benzene rings is 1. The summed E-state index contributed by atoms with van der Waals surface area (Å²) in [6.45, 7) is 4.50. The molecule has 19 heavy (non-hydrogen) atoms. The lowest BCUT2D eigenvalue weighted by atomic mass is 9.75. The standard InChI is InChI=1S/C15H22F2N2/c1-15(2)8-6-10(7-9-15)19(3)14-12(18)5-4-11(16)13(14)17/h4-5,10H,6-9,18H2,1-3H3. The Balaban J connectivity index is 2.21. The Hall–Kier alpha value is -1.32. The van der Waals surface area contributed by atoms with Crippen LogP contribution in [0.25, 0.3) is 0 Å². The molecule has 0 amide bonds. The fraction of sp³-hybridized carbons (Fsp3) is 0.600. The molecule has 0 unspecified atom stereocenters. The maximum atomic E-state index is 13.9. The van der Waals surface area contributed by atoms with Crippen LogP contribution >= 0.6 is 0 Å². The summed E-state index contributed by atoms with van der Waals surface area (Å²) in [4.78, 5) is 1.81. The summed E-state index contributed by atoms with van der Waals surface area (Å²) in [5, 5.41) is 0. The Kier molecular flexibility index (Phi) is 3.70. The van der Waals surface area contributed by atoms with Crippen molar-refractivity contribution in [2.75, 3.05) is 17.7 Å². The van der Waals surface area contributed by atoms with Gasteiger partial charge >= 0.3 is 0 Å². The van der Waals surface area contributed by atoms with Crippen molar-refractivity contribution < 1.29 is 8.78 Å². The highest BCUT2D eigenvalue weighted by Gasteiger charge is 2.30. The van der Waals surface area contributed by atoms with Gasteiger partial charge in [0, 0.05) is 13.1 Å². The third kappa shape index (κ3) is 2.82. The molecule has 2 nitrogen and oxygen atoms in total. The quantitative estimate of drug-likeness (QED) is 0.823. The van der Waals surface area contributed by atoms with Crippen LogP contribution in [0.3, 0.4) is 0 Å². The van der Waals surface area contributed by atoms with E-state index >= 15 is 0 Å². The molecule has 4 heteroatoms. The van der Waals surface area contributed by atoms with Crippen LogP contribution in [0.2, 0.25) is 0 Å². The average molecular weight is 268 g/mol. The average Bonchev–Trinajstić information content (AvgIpc) is 2.34. The van der Waals surface area contributed by atoms with Crippen LogP contribution in [0.15, 0.2) is 12.1 Å². The van der Waals surface area contributed by atoms with Gasteiger partial charge in [-0.2, -0.15) is 0 Å². The number of nitrogens with zero attached hydrogens (tertiary/aromatic N) is 1. The van der Waals surface area contributed by atoms with Crippen LogP contribution in [-0.2, 0) is 0 Å². The highest BCUT2D eigenvalue weighted by molar-refractivity contribution is 5.68. The van der Waals surface area contributed by atoms with E-state index in [0.717, 1.165) is 31.7 Å². The van der Waals surface area contributed by atoms with Gasteiger partial charge in [0.1, 0.15) is 0 Å². The van der Waals surface area contributed by atoms with Crippen LogP contribution in [0, 0.1) is 17.0 Å². The predicted molar refractivity (Wildman–Crippen MR) is 75.2 cm³/mol. The van der Waals surface area contributed by atoms with Crippen LogP contribution in [0.5, 0.6) is 0 Å². The van der Waals surface area contributed by atoms with Crippen molar-refractivity contribution in [3.63, 3.8) is 0 Å². The smallest absolute Gasteiger partial charge is 0.184 e. The van der Waals surface area contributed by atoms with Gasteiger partial charge in [0.05, 0.1) is 11.4 Å². The molecule has 106 valence electrons. The van der Waals surface area contributed by atoms with E-state index in [2.05, 4.69) is 13.8 Å². The summed E-state index contributed by atoms with van der Waals surface area (Å²) in [5.41, 5.74) is 6.65. The molecule has 0 atom stereocenters. The first kappa shape index (κ1) is 14.1. The van der Waals surface area contributed by atoms with E-state index in [0.29, 0.717) is 11.1 Å². The number of anilines is 2. The highest BCUT2D eigenvalue weighted by atomic mass is 19.2. The maximum absolute atomic E-state index is 13.9. The molecule has 1 aliphatic rings. The molecular formula is C15H22F2N2. The van der Waals surface area contributed by atoms with Crippen LogP contribution in [-0.4, -0.2) is 13.1 Å². The first-order chi connectivity index (χ1) is 8.82. The van der Waals surface area contributed by atoms with E-state index in [4.69, 9.17) is 5.73 Å². The molecule has 0 radical (unpaired) electrons. The predicted octanol–water partition coefficient (Wildman–Crippen LogP) is 3.95. The molecule has 1 aromatic rings. The van der Waals surface area contributed by atoms with Gasteiger partial charge in [-0.05, 0) is 43.2 Å². The first-order valence-corrected chi connectivity index (χ1v) is 6.78. The minimum absolute atomic E-state index is 0.199. The number of nitrogen functional groups attached to an aromatic ring is 1. The second kappa shape index (κ2) is 4.99. The fourth-order valence-corrected chi connectivity index (χ4v) is 2.87. The molecule has 1 aromatic carbocycles. The SMILES string of the molecule is CN(c1c(N)ccc(F)c1F)C1CCC(C)(C)CC1. The Bertz CT molecular complexity index is 461. The molecule has 1 fully saturated rings. The second-order valence-corrected chi connectivity index (χ2v) is 6.31. The van der Waals surface area contributed by atoms with Crippen molar-refractivity contribution >= 4 is 11.4 Å². The van der Waals surface area contributed by atoms with Gasteiger partial charge in [-0.15, -0.1) is 0 Å². The molecule has 0 aliphatic heterocycles. The number of rotatable bonds is 2. The Labute approximate surface area is 113 Å². The molecule has 1 saturated carbocycles. The summed E-state index contributed by atoms with van der Waals surface area (Å²) in [6.07, 6.45) is 4.16. The van der Waals surface area contributed by atoms with Crippen molar-refractivity contribution in [1.29, 1.82) is 0 Å². The summed E-state index contributed by atoms with van der Waals surface area (Å²) >= 11 is 0. The summed E-state index contributed by atoms with van der Waals surface area (Å²) < 4.78 is 27.3. The topological polar surface area (TPSA) is 29.3 Å². The zero-order chi connectivity index (χ0) is 14.2. The minimum Gasteiger partial charge on any atom is -0.397 e. The third-order valence-corrected chi connectivity index (χ3v) is 4.31. The molecule has 2 rings (SSSR count). The van der Waals surface area contributed by atoms with E-state index in [-0.39, 0.29) is 11.7 Å². The molecule has 0 saturated heterocycles. The summed E-state index contributed by atoms with van der Waals surface area (Å²) in [7, 11) is 1.80. The summed E-state index contributed by atoms with van der Waals surface area (Å²) in [6, 6.07) is 2.73. The molecule has 0 aromatic heterocycles. The number of nitrogens with two attached hydrogens (primary N) is 1. The second-order valence-electron chi connectivity index (χ2n) is 6.31. The van der Waals surface area contributed by atoms with Crippen molar-refractivity contribution in [2.45, 2.75) is 45.6 Å². The normalized spacial score (nSPS) is 19.4. The van der Waals surface area contributed by atoms with Gasteiger partial charge in [0.15, 0.2) is 11.6 Å². The molecule has 1 aliphatic carbocycles. The zero-order valence-corrected chi connectivity index (χ0v) is 11.8. The maximum Gasteiger partial charge on any atom is 0.184 e. The van der Waals surface area contributed by atoms with Gasteiger partial charge < -0.3 is 10.6 Å². The van der Waals surface area contributed by atoms with E-state index in [1.165, 1.54) is 6.07 Å². The molecule has 0 bridgehead atoms. The lowest BCUT2D eigenvalue weighted by Crippen LogP contribution is -2.38. The van der Waals surface area contributed by atoms with E-state index in [9.17, 15) is 8.78 Å². The number of hydrogen-bond donors (Lipinski definition) is 1. The number of hydrogen-bond acceptors (Lipinski definition) is 2.